The number of aromatic amines is 1. The van der Waals surface area contributed by atoms with Crippen LogP contribution in [-0.2, 0) is 11.7 Å². The summed E-state index contributed by atoms with van der Waals surface area (Å²) in [5.74, 6) is 0.181. The van der Waals surface area contributed by atoms with Crippen LogP contribution in [0.1, 0.15) is 47.1 Å². The average molecular weight is 489 g/mol. The van der Waals surface area contributed by atoms with E-state index in [4.69, 9.17) is 11.6 Å². The number of likely N-dealkylation sites (tertiary alicyclic amines) is 1. The number of nitrogens with one attached hydrogen (secondary N) is 1. The third kappa shape index (κ3) is 3.62. The first-order valence-corrected chi connectivity index (χ1v) is 11.0. The molecule has 1 fully saturated rings. The summed E-state index contributed by atoms with van der Waals surface area (Å²) < 4.78 is 40.0. The molecule has 0 aliphatic carbocycles. The summed E-state index contributed by atoms with van der Waals surface area (Å²) in [5.41, 5.74) is 0.619. The summed E-state index contributed by atoms with van der Waals surface area (Å²) in [6, 6.07) is 7.61. The summed E-state index contributed by atoms with van der Waals surface area (Å²) in [6.45, 7) is 4.23. The number of imidazole rings is 1. The van der Waals surface area contributed by atoms with Crippen LogP contribution >= 0.6 is 11.6 Å². The van der Waals surface area contributed by atoms with Crippen LogP contribution in [-0.4, -0.2) is 42.3 Å². The summed E-state index contributed by atoms with van der Waals surface area (Å²) in [6.07, 6.45) is -0.210. The minimum Gasteiger partial charge on any atom is -0.340 e. The number of nitrogens with zero attached hydrogens (tertiary/aromatic N) is 5. The van der Waals surface area contributed by atoms with Crippen molar-refractivity contribution in [2.24, 2.45) is 0 Å². The van der Waals surface area contributed by atoms with Crippen molar-refractivity contribution in [1.82, 2.24) is 29.9 Å². The number of amides is 1. The van der Waals surface area contributed by atoms with Gasteiger partial charge in [0.25, 0.3) is 5.91 Å². The lowest BCUT2D eigenvalue weighted by Gasteiger charge is -2.34. The van der Waals surface area contributed by atoms with E-state index in [2.05, 4.69) is 20.2 Å². The zero-order valence-electron chi connectivity index (χ0n) is 18.3. The molecule has 34 heavy (non-hydrogen) atoms. The quantitative estimate of drug-likeness (QED) is 0.426. The highest BCUT2D eigenvalue weighted by Crippen LogP contribution is 2.41. The van der Waals surface area contributed by atoms with Crippen molar-refractivity contribution >= 4 is 28.5 Å². The molecule has 5 rings (SSSR count). The van der Waals surface area contributed by atoms with Gasteiger partial charge in [0.2, 0.25) is 0 Å². The Kier molecular flexibility index (Phi) is 5.16. The Hall–Kier alpha value is -3.40. The number of H-pyrrole nitrogens is 1. The van der Waals surface area contributed by atoms with Gasteiger partial charge in [0.05, 0.1) is 50.8 Å². The number of halogens is 4. The molecule has 7 nitrogen and oxygen atoms in total. The summed E-state index contributed by atoms with van der Waals surface area (Å²) in [4.78, 5) is 24.5. The standard InChI is InChI=1S/C23H20ClF3N6O/c1-13-4-5-19(33-28-7-8-29-33)14(10-13)20(34)32-9-3-6-22(32,2)21-30-17-11-15(23(25,26)27)16(24)12-18(17)31-21/h4-5,7-8,10-12H,3,6,9H2,1-2H3,(H,30,31). The monoisotopic (exact) mass is 488 g/mol. The van der Waals surface area contributed by atoms with Gasteiger partial charge in [-0.05, 0) is 51.0 Å². The molecule has 0 saturated carbocycles. The van der Waals surface area contributed by atoms with Crippen molar-refractivity contribution in [2.75, 3.05) is 6.54 Å². The second-order valence-electron chi connectivity index (χ2n) is 8.61. The Morgan fingerprint density at radius 3 is 2.62 bits per heavy atom. The molecular formula is C23H20ClF3N6O. The minimum atomic E-state index is -4.59. The zero-order chi connectivity index (χ0) is 24.3. The predicted octanol–water partition coefficient (Wildman–Crippen LogP) is 5.28. The van der Waals surface area contributed by atoms with Crippen LogP contribution in [0.15, 0.2) is 42.7 Å². The van der Waals surface area contributed by atoms with Gasteiger partial charge in [-0.3, -0.25) is 4.79 Å². The number of rotatable bonds is 3. The van der Waals surface area contributed by atoms with Gasteiger partial charge in [0, 0.05) is 6.54 Å². The average Bonchev–Trinajstić information content (AvgIpc) is 3.51. The van der Waals surface area contributed by atoms with Crippen LogP contribution in [0.25, 0.3) is 16.7 Å². The highest BCUT2D eigenvalue weighted by Gasteiger charge is 2.44. The van der Waals surface area contributed by atoms with E-state index >= 15 is 0 Å². The molecule has 1 amide bonds. The number of aryl methyl sites for hydroxylation is 1. The number of carbonyl (C=O) groups excluding carboxylic acids is 1. The number of aromatic nitrogens is 5. The fourth-order valence-electron chi connectivity index (χ4n) is 4.52. The first kappa shape index (κ1) is 22.4. The van der Waals surface area contributed by atoms with E-state index in [1.54, 1.807) is 17.0 Å². The third-order valence-electron chi connectivity index (χ3n) is 6.29. The van der Waals surface area contributed by atoms with E-state index in [0.717, 1.165) is 18.1 Å². The molecule has 0 spiro atoms. The Morgan fingerprint density at radius 1 is 1.18 bits per heavy atom. The van der Waals surface area contributed by atoms with Gasteiger partial charge < -0.3 is 9.88 Å². The van der Waals surface area contributed by atoms with Crippen LogP contribution in [0.3, 0.4) is 0 Å². The van der Waals surface area contributed by atoms with E-state index in [0.29, 0.717) is 35.6 Å². The summed E-state index contributed by atoms with van der Waals surface area (Å²) >= 11 is 5.88. The van der Waals surface area contributed by atoms with Gasteiger partial charge in [-0.15, -0.1) is 0 Å². The number of hydrogen-bond donors (Lipinski definition) is 1. The van der Waals surface area contributed by atoms with E-state index in [1.165, 1.54) is 23.3 Å². The molecule has 1 unspecified atom stereocenters. The lowest BCUT2D eigenvalue weighted by atomic mass is 9.96. The number of alkyl halides is 3. The fourth-order valence-corrected chi connectivity index (χ4v) is 4.78. The van der Waals surface area contributed by atoms with Gasteiger partial charge in [0.1, 0.15) is 5.82 Å². The van der Waals surface area contributed by atoms with Crippen LogP contribution in [0.4, 0.5) is 13.2 Å². The van der Waals surface area contributed by atoms with Gasteiger partial charge >= 0.3 is 6.18 Å². The van der Waals surface area contributed by atoms with Crippen molar-refractivity contribution < 1.29 is 18.0 Å². The Morgan fingerprint density at radius 2 is 1.91 bits per heavy atom. The number of carbonyl (C=O) groups is 1. The maximum absolute atomic E-state index is 13.8. The van der Waals surface area contributed by atoms with Gasteiger partial charge in [0.15, 0.2) is 0 Å². The summed E-state index contributed by atoms with van der Waals surface area (Å²) in [5, 5.41) is 7.90. The van der Waals surface area contributed by atoms with Crippen molar-refractivity contribution in [1.29, 1.82) is 0 Å². The smallest absolute Gasteiger partial charge is 0.340 e. The maximum Gasteiger partial charge on any atom is 0.417 e. The second-order valence-corrected chi connectivity index (χ2v) is 9.01. The zero-order valence-corrected chi connectivity index (χ0v) is 19.1. The summed E-state index contributed by atoms with van der Waals surface area (Å²) in [7, 11) is 0. The second kappa shape index (κ2) is 7.83. The van der Waals surface area contributed by atoms with Crippen LogP contribution in [0, 0.1) is 6.92 Å². The number of fused-ring (bicyclic) bond motifs is 1. The molecule has 4 aromatic rings. The van der Waals surface area contributed by atoms with Gasteiger partial charge in [-0.25, -0.2) is 4.98 Å². The SMILES string of the molecule is Cc1ccc(-n2nccn2)c(C(=O)N2CCCC2(C)c2nc3cc(Cl)c(C(F)(F)F)cc3[nH]2)c1. The highest BCUT2D eigenvalue weighted by molar-refractivity contribution is 6.32. The molecule has 3 heterocycles. The number of benzene rings is 2. The van der Waals surface area contributed by atoms with Crippen molar-refractivity contribution in [3.8, 4) is 5.69 Å². The van der Waals surface area contributed by atoms with E-state index in [-0.39, 0.29) is 11.4 Å². The van der Waals surface area contributed by atoms with E-state index < -0.39 is 22.3 Å². The Labute approximate surface area is 197 Å². The molecule has 0 radical (unpaired) electrons. The topological polar surface area (TPSA) is 79.7 Å². The first-order chi connectivity index (χ1) is 16.1. The minimum absolute atomic E-state index is 0.212. The predicted molar refractivity (Wildman–Crippen MR) is 120 cm³/mol. The van der Waals surface area contributed by atoms with E-state index in [9.17, 15) is 18.0 Å². The van der Waals surface area contributed by atoms with Gasteiger partial charge in [-0.1, -0.05) is 23.2 Å². The van der Waals surface area contributed by atoms with Crippen molar-refractivity contribution in [3.05, 3.63) is 70.3 Å². The van der Waals surface area contributed by atoms with Gasteiger partial charge in [-0.2, -0.15) is 28.2 Å². The molecule has 1 N–H and O–H groups in total. The van der Waals surface area contributed by atoms with Crippen LogP contribution < -0.4 is 0 Å². The maximum atomic E-state index is 13.8. The molecule has 1 atom stereocenters. The van der Waals surface area contributed by atoms with E-state index in [1.807, 2.05) is 19.9 Å². The Balaban J connectivity index is 1.57. The van der Waals surface area contributed by atoms with Crippen molar-refractivity contribution in [2.45, 2.75) is 38.4 Å². The first-order valence-electron chi connectivity index (χ1n) is 10.6. The lowest BCUT2D eigenvalue weighted by molar-refractivity contribution is -0.137. The molecule has 2 aromatic heterocycles. The molecule has 176 valence electrons. The van der Waals surface area contributed by atoms with Crippen molar-refractivity contribution in [3.63, 3.8) is 0 Å². The molecule has 2 aromatic carbocycles. The largest absolute Gasteiger partial charge is 0.417 e. The normalized spacial score (nSPS) is 18.7. The molecule has 1 aliphatic heterocycles. The number of hydrogen-bond acceptors (Lipinski definition) is 4. The molecule has 11 heteroatoms. The van der Waals surface area contributed by atoms with Crippen LogP contribution in [0.5, 0.6) is 0 Å². The fraction of sp³-hybridized carbons (Fsp3) is 0.304. The molecular weight excluding hydrogens is 469 g/mol. The third-order valence-corrected chi connectivity index (χ3v) is 6.60. The Bertz CT molecular complexity index is 1400. The van der Waals surface area contributed by atoms with Crippen LogP contribution in [0.2, 0.25) is 5.02 Å². The molecule has 1 aliphatic rings. The lowest BCUT2D eigenvalue weighted by Crippen LogP contribution is -2.44. The molecule has 1 saturated heterocycles. The highest BCUT2D eigenvalue weighted by atomic mass is 35.5. The molecule has 0 bridgehead atoms.